The molecule has 0 aliphatic carbocycles. The van der Waals surface area contributed by atoms with Crippen LogP contribution in [0.1, 0.15) is 65.3 Å². The van der Waals surface area contributed by atoms with Crippen molar-refractivity contribution in [3.8, 4) is 5.75 Å². The minimum Gasteiger partial charge on any atom is -0.494 e. The zero-order valence-electron chi connectivity index (χ0n) is 39.9. The van der Waals surface area contributed by atoms with E-state index in [1.807, 2.05) is 18.2 Å². The molecule has 0 spiro atoms. The average Bonchev–Trinajstić information content (AvgIpc) is 3.59. The van der Waals surface area contributed by atoms with Gasteiger partial charge in [0.1, 0.15) is 30.3 Å². The number of benzene rings is 3. The van der Waals surface area contributed by atoms with Gasteiger partial charge >= 0.3 is 0 Å². The van der Waals surface area contributed by atoms with Gasteiger partial charge in [0, 0.05) is 101 Å². The lowest BCUT2D eigenvalue weighted by Gasteiger charge is -2.45. The lowest BCUT2D eigenvalue weighted by atomic mass is 9.94. The summed E-state index contributed by atoms with van der Waals surface area (Å²) in [7, 11) is -1.10. The van der Waals surface area contributed by atoms with Crippen LogP contribution in [0.25, 0.3) is 11.0 Å². The van der Waals surface area contributed by atoms with Crippen molar-refractivity contribution in [3.63, 3.8) is 0 Å². The van der Waals surface area contributed by atoms with Crippen molar-refractivity contribution in [1.82, 2.24) is 40.0 Å². The number of hydrogen-bond acceptors (Lipinski definition) is 16. The lowest BCUT2D eigenvalue weighted by Crippen LogP contribution is -2.54. The molecule has 4 fully saturated rings. The third-order valence-corrected chi connectivity index (χ3v) is 16.6. The van der Waals surface area contributed by atoms with Crippen LogP contribution in [-0.2, 0) is 20.6 Å². The fourth-order valence-electron chi connectivity index (χ4n) is 10.7. The van der Waals surface area contributed by atoms with Crippen molar-refractivity contribution >= 4 is 97.6 Å². The number of halogens is 1. The number of ether oxygens (including phenoxy) is 1. The number of imide groups is 2. The molecule has 0 bridgehead atoms. The molecule has 0 radical (unpaired) electrons. The van der Waals surface area contributed by atoms with Gasteiger partial charge in [-0.3, -0.25) is 44.3 Å². The summed E-state index contributed by atoms with van der Waals surface area (Å²) in [6.45, 7) is 14.7. The SMILES string of the molecule is CCc1cc(Nc2ncc(Br)c(Nc3ccc4nccnc4c3P(C)(C)=O)n2)c(OC)cc1N1CCC(N2CCN(CCC3CN(c4ccc5c(c4)C(=O)N(C4CCC(=O)NC4=O)C5=O)C3)CC2)CC1. The smallest absolute Gasteiger partial charge is 0.262 e. The first-order valence-electron chi connectivity index (χ1n) is 24.1. The Labute approximate surface area is 415 Å². The van der Waals surface area contributed by atoms with Gasteiger partial charge in [0.15, 0.2) is 0 Å². The number of aryl methyl sites for hydroxylation is 1. The first-order chi connectivity index (χ1) is 33.8. The van der Waals surface area contributed by atoms with E-state index in [1.165, 1.54) is 11.3 Å². The predicted octanol–water partition coefficient (Wildman–Crippen LogP) is 6.00. The van der Waals surface area contributed by atoms with Gasteiger partial charge in [0.2, 0.25) is 17.8 Å². The fraction of sp³-hybridized carbons (Fsp3) is 0.440. The normalized spacial score (nSPS) is 19.7. The van der Waals surface area contributed by atoms with Crippen molar-refractivity contribution in [2.75, 3.05) is 99.8 Å². The van der Waals surface area contributed by atoms with E-state index in [9.17, 15) is 23.7 Å². The van der Waals surface area contributed by atoms with Gasteiger partial charge in [-0.25, -0.2) is 4.98 Å². The number of methoxy groups -OCH3 is 1. The van der Waals surface area contributed by atoms with Crippen LogP contribution in [0.15, 0.2) is 65.5 Å². The molecular weight excluding hydrogens is 976 g/mol. The van der Waals surface area contributed by atoms with Crippen molar-refractivity contribution in [1.29, 1.82) is 0 Å². The van der Waals surface area contributed by atoms with E-state index in [-0.39, 0.29) is 18.7 Å². The van der Waals surface area contributed by atoms with Crippen LogP contribution in [0.2, 0.25) is 0 Å². The van der Waals surface area contributed by atoms with Gasteiger partial charge in [0.25, 0.3) is 11.8 Å². The summed E-state index contributed by atoms with van der Waals surface area (Å²) in [5.74, 6) is 0.204. The van der Waals surface area contributed by atoms with Gasteiger partial charge < -0.3 is 34.6 Å². The second-order valence-corrected chi connectivity index (χ2v) is 23.2. The summed E-state index contributed by atoms with van der Waals surface area (Å²) in [5, 5.41) is 9.66. The number of amides is 4. The number of fused-ring (bicyclic) bond motifs is 2. The molecule has 4 saturated heterocycles. The fourth-order valence-corrected chi connectivity index (χ4v) is 12.4. The molecule has 3 aromatic carbocycles. The maximum atomic E-state index is 13.6. The van der Waals surface area contributed by atoms with E-state index in [0.29, 0.717) is 67.1 Å². The molecular formula is C50H58BrN12O6P. The predicted molar refractivity (Wildman–Crippen MR) is 274 cm³/mol. The van der Waals surface area contributed by atoms with Crippen molar-refractivity contribution in [2.24, 2.45) is 5.92 Å². The van der Waals surface area contributed by atoms with Crippen molar-refractivity contribution < 1.29 is 28.5 Å². The summed E-state index contributed by atoms with van der Waals surface area (Å²) in [6, 6.07) is 12.9. The Hall–Kier alpha value is -6.01. The summed E-state index contributed by atoms with van der Waals surface area (Å²) >= 11 is 3.60. The van der Waals surface area contributed by atoms with Crippen LogP contribution >= 0.6 is 23.1 Å². The van der Waals surface area contributed by atoms with Crippen LogP contribution in [0, 0.1) is 5.92 Å². The molecule has 70 heavy (non-hydrogen) atoms. The Morgan fingerprint density at radius 3 is 2.33 bits per heavy atom. The molecule has 10 rings (SSSR count). The van der Waals surface area contributed by atoms with E-state index in [4.69, 9.17) is 9.72 Å². The highest BCUT2D eigenvalue weighted by Crippen LogP contribution is 2.42. The van der Waals surface area contributed by atoms with E-state index >= 15 is 0 Å². The van der Waals surface area contributed by atoms with Crippen LogP contribution < -0.4 is 35.8 Å². The number of nitrogens with one attached hydrogen (secondary N) is 3. The van der Waals surface area contributed by atoms with Crippen molar-refractivity contribution in [2.45, 2.75) is 57.5 Å². The van der Waals surface area contributed by atoms with Crippen LogP contribution in [0.5, 0.6) is 5.75 Å². The molecule has 7 heterocycles. The molecule has 2 aromatic heterocycles. The third kappa shape index (κ3) is 9.48. The molecule has 4 amide bonds. The number of nitrogens with zero attached hydrogens (tertiary/aromatic N) is 9. The summed E-state index contributed by atoms with van der Waals surface area (Å²) in [6.07, 6.45) is 9.31. The van der Waals surface area contributed by atoms with E-state index in [0.717, 1.165) is 101 Å². The lowest BCUT2D eigenvalue weighted by molar-refractivity contribution is -0.136. The minimum absolute atomic E-state index is 0.0977. The molecule has 20 heteroatoms. The summed E-state index contributed by atoms with van der Waals surface area (Å²) in [5.41, 5.74) is 6.62. The number of piperidine rings is 2. The third-order valence-electron chi connectivity index (χ3n) is 14.5. The Bertz CT molecular complexity index is 2930. The Balaban J connectivity index is 0.698. The minimum atomic E-state index is -2.78. The Morgan fingerprint density at radius 1 is 0.843 bits per heavy atom. The maximum Gasteiger partial charge on any atom is 0.262 e. The van der Waals surface area contributed by atoms with Gasteiger partial charge in [-0.2, -0.15) is 4.98 Å². The van der Waals surface area contributed by atoms with E-state index < -0.39 is 30.9 Å². The number of piperazine rings is 1. The molecule has 0 saturated carbocycles. The number of carbonyl (C=O) groups is 4. The molecule has 5 aliphatic rings. The second kappa shape index (κ2) is 19.6. The summed E-state index contributed by atoms with van der Waals surface area (Å²) < 4.78 is 20.2. The number of hydrogen-bond donors (Lipinski definition) is 3. The first-order valence-corrected chi connectivity index (χ1v) is 27.5. The number of aromatic nitrogens is 4. The Kier molecular flexibility index (Phi) is 13.4. The molecule has 18 nitrogen and oxygen atoms in total. The topological polar surface area (TPSA) is 198 Å². The molecule has 3 N–H and O–H groups in total. The zero-order valence-corrected chi connectivity index (χ0v) is 42.4. The first kappa shape index (κ1) is 47.7. The quantitative estimate of drug-likeness (QED) is 0.0864. The van der Waals surface area contributed by atoms with E-state index in [1.54, 1.807) is 51.2 Å². The molecule has 5 aliphatic heterocycles. The maximum absolute atomic E-state index is 13.6. The van der Waals surface area contributed by atoms with E-state index in [2.05, 4.69) is 85.5 Å². The monoisotopic (exact) mass is 1030 g/mol. The number of rotatable bonds is 14. The highest BCUT2D eigenvalue weighted by atomic mass is 79.9. The highest BCUT2D eigenvalue weighted by Gasteiger charge is 2.45. The molecule has 1 unspecified atom stereocenters. The standard InChI is InChI=1S/C50H58BrN12O6P/c1-5-31-24-39(56-50-54-27-36(51)46(58-50)55-38-9-8-37-44(53-16-15-52-37)45(38)70(3,4)68)42(69-2)26-41(31)61-18-13-32(14-19-61)60-22-20-59(21-23-60)17-12-30-28-62(29-30)33-6-7-34-35(25-33)49(67)63(48(34)66)40-10-11-43(64)57-47(40)65/h6-9,15-16,24-27,30,32,40H,5,10-14,17-23,28-29H2,1-4H3,(H,57,64,65)(H2,54,55,56,58). The van der Waals surface area contributed by atoms with Crippen LogP contribution in [0.3, 0.4) is 0 Å². The molecule has 5 aromatic rings. The second-order valence-electron chi connectivity index (χ2n) is 19.2. The average molecular weight is 1030 g/mol. The van der Waals surface area contributed by atoms with Crippen molar-refractivity contribution in [3.05, 3.63) is 82.2 Å². The van der Waals surface area contributed by atoms with Crippen LogP contribution in [-0.4, -0.2) is 150 Å². The van der Waals surface area contributed by atoms with Gasteiger partial charge in [-0.05, 0) is 116 Å². The molecule has 1 atom stereocenters. The van der Waals surface area contributed by atoms with Gasteiger partial charge in [-0.1, -0.05) is 6.92 Å². The highest BCUT2D eigenvalue weighted by molar-refractivity contribution is 9.10. The van der Waals surface area contributed by atoms with Gasteiger partial charge in [-0.15, -0.1) is 0 Å². The Morgan fingerprint density at radius 2 is 1.60 bits per heavy atom. The largest absolute Gasteiger partial charge is 0.494 e. The number of anilines is 6. The molecule has 366 valence electrons. The van der Waals surface area contributed by atoms with Crippen LogP contribution in [0.4, 0.5) is 34.5 Å². The zero-order chi connectivity index (χ0) is 48.8. The summed E-state index contributed by atoms with van der Waals surface area (Å²) in [4.78, 5) is 80.0. The van der Waals surface area contributed by atoms with Gasteiger partial charge in [0.05, 0.1) is 44.9 Å². The number of carbonyl (C=O) groups excluding carboxylic acids is 4.